The van der Waals surface area contributed by atoms with Crippen LogP contribution in [0.4, 0.5) is 0 Å². The third-order valence-electron chi connectivity index (χ3n) is 5.25. The predicted molar refractivity (Wildman–Crippen MR) is 110 cm³/mol. The van der Waals surface area contributed by atoms with Gasteiger partial charge in [-0.25, -0.2) is 0 Å². The fourth-order valence-electron chi connectivity index (χ4n) is 3.45. The standard InChI is InChI=1S/C23H29N3O2/c1-18-7-9-20(10-8-18)15-24-22(27)17-26-13-11-21(12-14-26)23(28)25-16-19-5-3-2-4-6-19/h2-10,21H,11-17H2,1H3,(H,24,27)(H,25,28). The van der Waals surface area contributed by atoms with Crippen LogP contribution >= 0.6 is 0 Å². The summed E-state index contributed by atoms with van der Waals surface area (Å²) < 4.78 is 0. The molecule has 28 heavy (non-hydrogen) atoms. The highest BCUT2D eigenvalue weighted by atomic mass is 16.2. The lowest BCUT2D eigenvalue weighted by molar-refractivity contribution is -0.127. The average molecular weight is 380 g/mol. The van der Waals surface area contributed by atoms with Crippen molar-refractivity contribution in [3.05, 3.63) is 71.3 Å². The molecule has 0 bridgehead atoms. The van der Waals surface area contributed by atoms with Crippen LogP contribution in [0.1, 0.15) is 29.5 Å². The Balaban J connectivity index is 1.34. The van der Waals surface area contributed by atoms with Crippen molar-refractivity contribution in [3.63, 3.8) is 0 Å². The highest BCUT2D eigenvalue weighted by Gasteiger charge is 2.25. The van der Waals surface area contributed by atoms with E-state index in [0.29, 0.717) is 19.6 Å². The SMILES string of the molecule is Cc1ccc(CNC(=O)CN2CCC(C(=O)NCc3ccccc3)CC2)cc1. The van der Waals surface area contributed by atoms with Crippen LogP contribution in [0, 0.1) is 12.8 Å². The first-order valence-corrected chi connectivity index (χ1v) is 9.96. The molecule has 1 aliphatic rings. The lowest BCUT2D eigenvalue weighted by Crippen LogP contribution is -2.44. The molecule has 0 saturated carbocycles. The monoisotopic (exact) mass is 379 g/mol. The van der Waals surface area contributed by atoms with Crippen molar-refractivity contribution < 1.29 is 9.59 Å². The van der Waals surface area contributed by atoms with Crippen molar-refractivity contribution in [2.75, 3.05) is 19.6 Å². The van der Waals surface area contributed by atoms with Crippen LogP contribution in [-0.2, 0) is 22.7 Å². The molecule has 2 N–H and O–H groups in total. The van der Waals surface area contributed by atoms with Gasteiger partial charge in [-0.1, -0.05) is 60.2 Å². The van der Waals surface area contributed by atoms with Gasteiger partial charge in [0.2, 0.25) is 11.8 Å². The van der Waals surface area contributed by atoms with Gasteiger partial charge >= 0.3 is 0 Å². The number of carbonyl (C=O) groups is 2. The maximum Gasteiger partial charge on any atom is 0.234 e. The minimum absolute atomic E-state index is 0.0348. The molecule has 148 valence electrons. The summed E-state index contributed by atoms with van der Waals surface area (Å²) in [4.78, 5) is 26.7. The second-order valence-electron chi connectivity index (χ2n) is 7.52. The molecule has 2 amide bonds. The summed E-state index contributed by atoms with van der Waals surface area (Å²) in [6.07, 6.45) is 1.59. The Hall–Kier alpha value is -2.66. The summed E-state index contributed by atoms with van der Waals surface area (Å²) >= 11 is 0. The van der Waals surface area contributed by atoms with Gasteiger partial charge in [-0.05, 0) is 44.0 Å². The molecule has 0 aromatic heterocycles. The van der Waals surface area contributed by atoms with E-state index in [2.05, 4.69) is 27.7 Å². The second-order valence-corrected chi connectivity index (χ2v) is 7.52. The first-order valence-electron chi connectivity index (χ1n) is 9.96. The quantitative estimate of drug-likeness (QED) is 0.777. The summed E-state index contributed by atoms with van der Waals surface area (Å²) in [6, 6.07) is 18.1. The summed E-state index contributed by atoms with van der Waals surface area (Å²) in [5.41, 5.74) is 3.43. The van der Waals surface area contributed by atoms with Crippen LogP contribution in [0.5, 0.6) is 0 Å². The van der Waals surface area contributed by atoms with Gasteiger partial charge in [0.1, 0.15) is 0 Å². The van der Waals surface area contributed by atoms with E-state index in [1.54, 1.807) is 0 Å². The maximum absolute atomic E-state index is 12.4. The molecule has 0 atom stereocenters. The molecule has 2 aromatic rings. The van der Waals surface area contributed by atoms with Gasteiger partial charge in [0, 0.05) is 19.0 Å². The molecular weight excluding hydrogens is 350 g/mol. The van der Waals surface area contributed by atoms with Crippen LogP contribution in [0.3, 0.4) is 0 Å². The summed E-state index contributed by atoms with van der Waals surface area (Å²) in [6.45, 7) is 5.12. The number of nitrogens with zero attached hydrogens (tertiary/aromatic N) is 1. The lowest BCUT2D eigenvalue weighted by atomic mass is 9.96. The minimum Gasteiger partial charge on any atom is -0.352 e. The number of piperidine rings is 1. The van der Waals surface area contributed by atoms with Gasteiger partial charge in [0.25, 0.3) is 0 Å². The van der Waals surface area contributed by atoms with E-state index in [-0.39, 0.29) is 17.7 Å². The molecule has 1 saturated heterocycles. The summed E-state index contributed by atoms with van der Waals surface area (Å²) in [5.74, 6) is 0.190. The van der Waals surface area contributed by atoms with E-state index >= 15 is 0 Å². The van der Waals surface area contributed by atoms with Crippen LogP contribution in [0.2, 0.25) is 0 Å². The van der Waals surface area contributed by atoms with E-state index in [1.807, 2.05) is 49.4 Å². The first-order chi connectivity index (χ1) is 13.6. The topological polar surface area (TPSA) is 61.4 Å². The first kappa shape index (κ1) is 20.1. The number of aryl methyl sites for hydroxylation is 1. The molecule has 1 aliphatic heterocycles. The molecule has 2 aromatic carbocycles. The normalized spacial score (nSPS) is 15.2. The van der Waals surface area contributed by atoms with E-state index in [1.165, 1.54) is 5.56 Å². The van der Waals surface area contributed by atoms with Crippen molar-refractivity contribution in [1.82, 2.24) is 15.5 Å². The number of benzene rings is 2. The molecule has 3 rings (SSSR count). The number of hydrogen-bond acceptors (Lipinski definition) is 3. The van der Waals surface area contributed by atoms with Crippen molar-refractivity contribution in [2.45, 2.75) is 32.9 Å². The average Bonchev–Trinajstić information content (AvgIpc) is 2.73. The Labute approximate surface area is 167 Å². The minimum atomic E-state index is 0.0348. The molecule has 5 nitrogen and oxygen atoms in total. The maximum atomic E-state index is 12.4. The van der Waals surface area contributed by atoms with Crippen LogP contribution in [0.25, 0.3) is 0 Å². The Kier molecular flexibility index (Phi) is 7.20. The number of amides is 2. The van der Waals surface area contributed by atoms with Gasteiger partial charge in [-0.15, -0.1) is 0 Å². The Morgan fingerprint density at radius 1 is 0.893 bits per heavy atom. The fourth-order valence-corrected chi connectivity index (χ4v) is 3.45. The fraction of sp³-hybridized carbons (Fsp3) is 0.391. The van der Waals surface area contributed by atoms with Gasteiger partial charge in [-0.2, -0.15) is 0 Å². The number of likely N-dealkylation sites (tertiary alicyclic amines) is 1. The van der Waals surface area contributed by atoms with E-state index in [9.17, 15) is 9.59 Å². The number of hydrogen-bond donors (Lipinski definition) is 2. The predicted octanol–water partition coefficient (Wildman–Crippen LogP) is 2.64. The lowest BCUT2D eigenvalue weighted by Gasteiger charge is -2.30. The summed E-state index contributed by atoms with van der Waals surface area (Å²) in [5, 5.41) is 6.01. The highest BCUT2D eigenvalue weighted by molar-refractivity contribution is 5.79. The van der Waals surface area contributed by atoms with E-state index in [4.69, 9.17) is 0 Å². The number of nitrogens with one attached hydrogen (secondary N) is 2. The van der Waals surface area contributed by atoms with Crippen LogP contribution < -0.4 is 10.6 Å². The number of carbonyl (C=O) groups excluding carboxylic acids is 2. The van der Waals surface area contributed by atoms with Gasteiger partial charge in [0.15, 0.2) is 0 Å². The molecule has 1 heterocycles. The molecule has 0 aliphatic carbocycles. The zero-order chi connectivity index (χ0) is 19.8. The highest BCUT2D eigenvalue weighted by Crippen LogP contribution is 2.17. The summed E-state index contributed by atoms with van der Waals surface area (Å²) in [7, 11) is 0. The molecular formula is C23H29N3O2. The largest absolute Gasteiger partial charge is 0.352 e. The van der Waals surface area contributed by atoms with E-state index < -0.39 is 0 Å². The van der Waals surface area contributed by atoms with Crippen LogP contribution in [-0.4, -0.2) is 36.3 Å². The molecule has 0 unspecified atom stereocenters. The van der Waals surface area contributed by atoms with Crippen molar-refractivity contribution in [3.8, 4) is 0 Å². The zero-order valence-corrected chi connectivity index (χ0v) is 16.5. The molecule has 5 heteroatoms. The number of rotatable bonds is 7. The Bertz CT molecular complexity index is 766. The van der Waals surface area contributed by atoms with Crippen LogP contribution in [0.15, 0.2) is 54.6 Å². The van der Waals surface area contributed by atoms with Gasteiger partial charge < -0.3 is 10.6 Å². The third kappa shape index (κ3) is 6.20. The molecule has 0 spiro atoms. The molecule has 1 fully saturated rings. The van der Waals surface area contributed by atoms with E-state index in [0.717, 1.165) is 37.1 Å². The van der Waals surface area contributed by atoms with Crippen molar-refractivity contribution in [1.29, 1.82) is 0 Å². The van der Waals surface area contributed by atoms with Gasteiger partial charge in [-0.3, -0.25) is 14.5 Å². The third-order valence-corrected chi connectivity index (χ3v) is 5.25. The van der Waals surface area contributed by atoms with Crippen molar-refractivity contribution in [2.24, 2.45) is 5.92 Å². The van der Waals surface area contributed by atoms with Crippen molar-refractivity contribution >= 4 is 11.8 Å². The Morgan fingerprint density at radius 2 is 1.50 bits per heavy atom. The smallest absolute Gasteiger partial charge is 0.234 e. The van der Waals surface area contributed by atoms with Gasteiger partial charge in [0.05, 0.1) is 6.54 Å². The Morgan fingerprint density at radius 3 is 2.18 bits per heavy atom. The zero-order valence-electron chi connectivity index (χ0n) is 16.5. The molecule has 0 radical (unpaired) electrons. The second kappa shape index (κ2) is 10.0.